The fourth-order valence-electron chi connectivity index (χ4n) is 1.20. The lowest BCUT2D eigenvalue weighted by Crippen LogP contribution is -2.34. The maximum atomic E-state index is 12.1. The molecule has 6 heteroatoms. The van der Waals surface area contributed by atoms with Gasteiger partial charge in [-0.15, -0.1) is 11.8 Å². The first-order valence-electron chi connectivity index (χ1n) is 4.95. The van der Waals surface area contributed by atoms with E-state index in [0.717, 1.165) is 9.20 Å². The van der Waals surface area contributed by atoms with Gasteiger partial charge in [-0.25, -0.2) is 8.42 Å². The number of sulfonamides is 1. The normalized spacial score (nSPS) is 13.4. The van der Waals surface area contributed by atoms with E-state index in [0.29, 0.717) is 0 Å². The fraction of sp³-hybridized carbons (Fsp3) is 0.364. The molecule has 0 spiro atoms. The van der Waals surface area contributed by atoms with Gasteiger partial charge in [-0.2, -0.15) is 9.57 Å². The van der Waals surface area contributed by atoms with Crippen LogP contribution in [0.25, 0.3) is 0 Å². The first-order chi connectivity index (χ1) is 7.93. The van der Waals surface area contributed by atoms with Crippen molar-refractivity contribution in [3.05, 3.63) is 24.3 Å². The van der Waals surface area contributed by atoms with E-state index >= 15 is 0 Å². The highest BCUT2D eigenvalue weighted by Crippen LogP contribution is 2.20. The van der Waals surface area contributed by atoms with E-state index in [1.165, 1.54) is 7.05 Å². The molecule has 1 aromatic carbocycles. The standard InChI is InChI=1S/C11H14N2O2S2/c1-9(8-12)13(2)17(14,15)11-6-4-10(16-3)5-7-11/h4-7,9H,1-3H3/t9-/m0/s1. The van der Waals surface area contributed by atoms with E-state index in [4.69, 9.17) is 5.26 Å². The minimum absolute atomic E-state index is 0.208. The van der Waals surface area contributed by atoms with E-state index in [2.05, 4.69) is 0 Å². The molecule has 0 saturated carbocycles. The molecule has 0 aliphatic rings. The maximum Gasteiger partial charge on any atom is 0.244 e. The van der Waals surface area contributed by atoms with Crippen LogP contribution in [0.2, 0.25) is 0 Å². The van der Waals surface area contributed by atoms with Crippen molar-refractivity contribution in [1.29, 1.82) is 5.26 Å². The van der Waals surface area contributed by atoms with Crippen LogP contribution in [-0.2, 0) is 10.0 Å². The molecule has 0 unspecified atom stereocenters. The molecule has 4 nitrogen and oxygen atoms in total. The van der Waals surface area contributed by atoms with Crippen LogP contribution in [0.5, 0.6) is 0 Å². The predicted octanol–water partition coefficient (Wildman–Crippen LogP) is 1.94. The highest BCUT2D eigenvalue weighted by molar-refractivity contribution is 7.98. The Labute approximate surface area is 106 Å². The van der Waals surface area contributed by atoms with Gasteiger partial charge in [0.25, 0.3) is 0 Å². The van der Waals surface area contributed by atoms with Gasteiger partial charge in [0.1, 0.15) is 6.04 Å². The van der Waals surface area contributed by atoms with Crippen LogP contribution in [-0.4, -0.2) is 32.1 Å². The zero-order valence-electron chi connectivity index (χ0n) is 9.91. The Bertz CT molecular complexity index is 517. The van der Waals surface area contributed by atoms with Crippen LogP contribution in [0.1, 0.15) is 6.92 Å². The van der Waals surface area contributed by atoms with Gasteiger partial charge in [-0.05, 0) is 37.4 Å². The van der Waals surface area contributed by atoms with Crippen molar-refractivity contribution >= 4 is 21.8 Å². The third-order valence-electron chi connectivity index (χ3n) is 2.47. The van der Waals surface area contributed by atoms with Crippen molar-refractivity contribution in [2.45, 2.75) is 22.8 Å². The second-order valence-electron chi connectivity index (χ2n) is 3.50. The Balaban J connectivity index is 3.09. The SMILES string of the molecule is CSc1ccc(S(=O)(=O)N(C)[C@@H](C)C#N)cc1. The highest BCUT2D eigenvalue weighted by atomic mass is 32.2. The fourth-order valence-corrected chi connectivity index (χ4v) is 2.89. The minimum Gasteiger partial charge on any atom is -0.207 e. The van der Waals surface area contributed by atoms with Crippen molar-refractivity contribution in [1.82, 2.24) is 4.31 Å². The van der Waals surface area contributed by atoms with Gasteiger partial charge in [0.2, 0.25) is 10.0 Å². The van der Waals surface area contributed by atoms with Crippen LogP contribution in [0.15, 0.2) is 34.1 Å². The molecule has 17 heavy (non-hydrogen) atoms. The summed E-state index contributed by atoms with van der Waals surface area (Å²) in [5.41, 5.74) is 0. The number of hydrogen-bond acceptors (Lipinski definition) is 4. The quantitative estimate of drug-likeness (QED) is 0.784. The molecule has 0 fully saturated rings. The zero-order valence-corrected chi connectivity index (χ0v) is 11.5. The topological polar surface area (TPSA) is 61.2 Å². The first kappa shape index (κ1) is 14.0. The number of rotatable bonds is 4. The van der Waals surface area contributed by atoms with Crippen LogP contribution >= 0.6 is 11.8 Å². The number of hydrogen-bond donors (Lipinski definition) is 0. The van der Waals surface area contributed by atoms with Crippen LogP contribution in [0, 0.1) is 11.3 Å². The molecular weight excluding hydrogens is 256 g/mol. The highest BCUT2D eigenvalue weighted by Gasteiger charge is 2.24. The monoisotopic (exact) mass is 270 g/mol. The van der Waals surface area contributed by atoms with Crippen molar-refractivity contribution < 1.29 is 8.42 Å². The summed E-state index contributed by atoms with van der Waals surface area (Å²) in [6, 6.07) is 7.84. The van der Waals surface area contributed by atoms with Gasteiger partial charge >= 0.3 is 0 Å². The molecule has 1 atom stereocenters. The van der Waals surface area contributed by atoms with E-state index in [-0.39, 0.29) is 4.90 Å². The van der Waals surface area contributed by atoms with E-state index < -0.39 is 16.1 Å². The molecule has 1 aromatic rings. The maximum absolute atomic E-state index is 12.1. The molecule has 0 bridgehead atoms. The number of thioether (sulfide) groups is 1. The largest absolute Gasteiger partial charge is 0.244 e. The van der Waals surface area contributed by atoms with Gasteiger partial charge in [0.05, 0.1) is 11.0 Å². The summed E-state index contributed by atoms with van der Waals surface area (Å²) in [5, 5.41) is 8.74. The first-order valence-corrected chi connectivity index (χ1v) is 7.61. The van der Waals surface area contributed by atoms with Gasteiger partial charge in [-0.3, -0.25) is 0 Å². The molecule has 0 saturated heterocycles. The molecule has 0 aliphatic carbocycles. The average Bonchev–Trinajstić information content (AvgIpc) is 2.36. The summed E-state index contributed by atoms with van der Waals surface area (Å²) >= 11 is 1.55. The lowest BCUT2D eigenvalue weighted by molar-refractivity contribution is 0.442. The smallest absolute Gasteiger partial charge is 0.207 e. The van der Waals surface area contributed by atoms with Crippen molar-refractivity contribution in [2.75, 3.05) is 13.3 Å². The molecule has 0 heterocycles. The van der Waals surface area contributed by atoms with E-state index in [9.17, 15) is 8.42 Å². The molecule has 0 aromatic heterocycles. The van der Waals surface area contributed by atoms with Crippen LogP contribution < -0.4 is 0 Å². The lowest BCUT2D eigenvalue weighted by Gasteiger charge is -2.19. The second kappa shape index (κ2) is 5.54. The van der Waals surface area contributed by atoms with Crippen molar-refractivity contribution in [3.8, 4) is 6.07 Å². The van der Waals surface area contributed by atoms with E-state index in [1.807, 2.05) is 12.3 Å². The molecule has 0 amide bonds. The average molecular weight is 270 g/mol. The summed E-state index contributed by atoms with van der Waals surface area (Å²) in [7, 11) is -2.17. The molecule has 0 N–H and O–H groups in total. The van der Waals surface area contributed by atoms with Gasteiger partial charge < -0.3 is 0 Å². The van der Waals surface area contributed by atoms with Crippen LogP contribution in [0.4, 0.5) is 0 Å². The minimum atomic E-state index is -3.57. The number of nitriles is 1. The molecule has 0 radical (unpaired) electrons. The Morgan fingerprint density at radius 1 is 1.35 bits per heavy atom. The number of benzene rings is 1. The Morgan fingerprint density at radius 2 is 1.88 bits per heavy atom. The van der Waals surface area contributed by atoms with Gasteiger partial charge in [0, 0.05) is 11.9 Å². The second-order valence-corrected chi connectivity index (χ2v) is 6.38. The molecule has 1 rings (SSSR count). The summed E-state index contributed by atoms with van der Waals surface area (Å²) in [5.74, 6) is 0. The third kappa shape index (κ3) is 3.00. The van der Waals surface area contributed by atoms with E-state index in [1.54, 1.807) is 43.0 Å². The summed E-state index contributed by atoms with van der Waals surface area (Å²) in [6.45, 7) is 1.55. The predicted molar refractivity (Wildman–Crippen MR) is 68.2 cm³/mol. The zero-order chi connectivity index (χ0) is 13.1. The molecular formula is C11H14N2O2S2. The lowest BCUT2D eigenvalue weighted by atomic mass is 10.4. The summed E-state index contributed by atoms with van der Waals surface area (Å²) < 4.78 is 25.3. The number of nitrogens with zero attached hydrogens (tertiary/aromatic N) is 2. The van der Waals surface area contributed by atoms with Crippen LogP contribution in [0.3, 0.4) is 0 Å². The molecule has 92 valence electrons. The third-order valence-corrected chi connectivity index (χ3v) is 5.15. The van der Waals surface area contributed by atoms with Crippen molar-refractivity contribution in [3.63, 3.8) is 0 Å². The van der Waals surface area contributed by atoms with Crippen molar-refractivity contribution in [2.24, 2.45) is 0 Å². The van der Waals surface area contributed by atoms with Gasteiger partial charge in [-0.1, -0.05) is 0 Å². The Kier molecular flexibility index (Phi) is 4.57. The molecule has 0 aliphatic heterocycles. The summed E-state index contributed by atoms with van der Waals surface area (Å²) in [6.07, 6.45) is 1.92. The summed E-state index contributed by atoms with van der Waals surface area (Å²) in [4.78, 5) is 1.21. The van der Waals surface area contributed by atoms with Gasteiger partial charge in [0.15, 0.2) is 0 Å². The Morgan fingerprint density at radius 3 is 2.29 bits per heavy atom. The Hall–Kier alpha value is -1.03.